The molecule has 4 amide bonds. The lowest BCUT2D eigenvalue weighted by atomic mass is 10.1. The lowest BCUT2D eigenvalue weighted by molar-refractivity contribution is -0.142. The molecule has 0 spiro atoms. The van der Waals surface area contributed by atoms with Crippen molar-refractivity contribution in [3.05, 3.63) is 11.8 Å². The number of hydrogen-bond acceptors (Lipinski definition) is 9. The summed E-state index contributed by atoms with van der Waals surface area (Å²) in [7, 11) is -4.31. The molecule has 14 heteroatoms. The van der Waals surface area contributed by atoms with Crippen LogP contribution in [-0.2, 0) is 19.8 Å². The fraction of sp³-hybridized carbons (Fsp3) is 0.417. The number of carbonyl (C=O) groups excluding carboxylic acids is 3. The first kappa shape index (κ1) is 19.5. The highest BCUT2D eigenvalue weighted by atomic mass is 32.2. The zero-order chi connectivity index (χ0) is 19.3. The Labute approximate surface area is 152 Å². The minimum Gasteiger partial charge on any atom is -0.360 e. The van der Waals surface area contributed by atoms with Gasteiger partial charge in [0, 0.05) is 6.07 Å². The van der Waals surface area contributed by atoms with Crippen LogP contribution in [0.4, 0.5) is 10.6 Å². The number of aromatic nitrogens is 1. The molecule has 0 aliphatic carbocycles. The first-order valence-electron chi connectivity index (χ1n) is 7.05. The molecule has 1 aliphatic heterocycles. The number of likely N-dealkylation sites (tertiary alicyclic amines) is 1. The molecule has 1 aliphatic rings. The fourth-order valence-corrected chi connectivity index (χ4v) is 3.11. The first-order valence-corrected chi connectivity index (χ1v) is 9.69. The van der Waals surface area contributed by atoms with Crippen LogP contribution in [0.3, 0.4) is 0 Å². The molecule has 1 fully saturated rings. The second kappa shape index (κ2) is 8.06. The van der Waals surface area contributed by atoms with Crippen LogP contribution in [0.5, 0.6) is 0 Å². The van der Waals surface area contributed by atoms with E-state index < -0.39 is 34.1 Å². The third-order valence-electron chi connectivity index (χ3n) is 3.00. The highest BCUT2D eigenvalue weighted by molar-refractivity contribution is 8.00. The number of thioether (sulfide) groups is 1. The number of aryl methyl sites for hydroxylation is 1. The minimum absolute atomic E-state index is 0.00104. The Balaban J connectivity index is 1.81. The largest absolute Gasteiger partial charge is 0.360 e. The van der Waals surface area contributed by atoms with Gasteiger partial charge >= 0.3 is 16.2 Å². The van der Waals surface area contributed by atoms with E-state index in [0.29, 0.717) is 10.7 Å². The summed E-state index contributed by atoms with van der Waals surface area (Å²) in [4.78, 5) is 35.9. The molecule has 140 valence electrons. The standard InChI is InChI=1S/C12H14N6O6S2/c1-7-4-9(15-24-7)16-26(22,23)17-12(21)18-5-8(11(18)20)14-10(19)6-25-3-2-13/h4,8H,3,5-6H2,1H3,(H,14,19)(H,15,16)(H,17,21). The van der Waals surface area contributed by atoms with E-state index in [1.54, 1.807) is 11.6 Å². The number of amides is 4. The fourth-order valence-electron chi connectivity index (χ4n) is 1.89. The van der Waals surface area contributed by atoms with E-state index in [-0.39, 0.29) is 23.9 Å². The highest BCUT2D eigenvalue weighted by Gasteiger charge is 2.42. The number of β-lactam (4-membered cyclic amide) rings is 1. The number of hydrogen-bond donors (Lipinski definition) is 3. The Bertz CT molecular complexity index is 860. The van der Waals surface area contributed by atoms with E-state index in [1.807, 2.05) is 10.8 Å². The monoisotopic (exact) mass is 402 g/mol. The Morgan fingerprint density at radius 2 is 2.27 bits per heavy atom. The van der Waals surface area contributed by atoms with E-state index in [0.717, 1.165) is 11.8 Å². The van der Waals surface area contributed by atoms with Gasteiger partial charge in [0.1, 0.15) is 11.8 Å². The molecule has 1 aromatic heterocycles. The molecule has 26 heavy (non-hydrogen) atoms. The summed E-state index contributed by atoms with van der Waals surface area (Å²) in [6.07, 6.45) is 0. The van der Waals surface area contributed by atoms with E-state index in [4.69, 9.17) is 5.26 Å². The Kier molecular flexibility index (Phi) is 6.05. The van der Waals surface area contributed by atoms with Crippen molar-refractivity contribution in [3.63, 3.8) is 0 Å². The molecule has 12 nitrogen and oxygen atoms in total. The van der Waals surface area contributed by atoms with Crippen molar-refractivity contribution in [2.45, 2.75) is 13.0 Å². The number of urea groups is 1. The van der Waals surface area contributed by atoms with Crippen molar-refractivity contribution < 1.29 is 27.3 Å². The smallest absolute Gasteiger partial charge is 0.339 e. The van der Waals surface area contributed by atoms with Crippen molar-refractivity contribution >= 4 is 45.6 Å². The molecule has 0 radical (unpaired) electrons. The van der Waals surface area contributed by atoms with Crippen molar-refractivity contribution in [2.75, 3.05) is 22.8 Å². The lowest BCUT2D eigenvalue weighted by Crippen LogP contribution is -2.67. The van der Waals surface area contributed by atoms with Crippen LogP contribution >= 0.6 is 11.8 Å². The van der Waals surface area contributed by atoms with Crippen LogP contribution in [-0.4, -0.2) is 60.4 Å². The molecule has 1 unspecified atom stereocenters. The minimum atomic E-state index is -4.31. The molecule has 2 heterocycles. The van der Waals surface area contributed by atoms with Gasteiger partial charge in [-0.05, 0) is 6.92 Å². The number of imide groups is 1. The van der Waals surface area contributed by atoms with Gasteiger partial charge in [0.25, 0.3) is 5.91 Å². The normalized spacial score (nSPS) is 16.4. The zero-order valence-corrected chi connectivity index (χ0v) is 15.0. The highest BCUT2D eigenvalue weighted by Crippen LogP contribution is 2.12. The van der Waals surface area contributed by atoms with Gasteiger partial charge in [0.2, 0.25) is 5.91 Å². The average Bonchev–Trinajstić information content (AvgIpc) is 2.94. The third-order valence-corrected chi connectivity index (χ3v) is 4.72. The molecular formula is C12H14N6O6S2. The number of nitrogens with zero attached hydrogens (tertiary/aromatic N) is 3. The number of anilines is 1. The summed E-state index contributed by atoms with van der Waals surface area (Å²) in [5.74, 6) is -0.834. The topological polar surface area (TPSA) is 174 Å². The molecule has 0 bridgehead atoms. The maximum Gasteiger partial charge on any atom is 0.339 e. The SMILES string of the molecule is Cc1cc(NS(=O)(=O)NC(=O)N2CC(NC(=O)CSCC#N)C2=O)no1. The number of rotatable bonds is 7. The predicted octanol–water partition coefficient (Wildman–Crippen LogP) is -1.07. The Morgan fingerprint density at radius 3 is 2.85 bits per heavy atom. The van der Waals surface area contributed by atoms with Crippen molar-refractivity contribution in [3.8, 4) is 6.07 Å². The second-order valence-electron chi connectivity index (χ2n) is 5.06. The molecule has 0 aromatic carbocycles. The van der Waals surface area contributed by atoms with Gasteiger partial charge in [-0.2, -0.15) is 13.7 Å². The van der Waals surface area contributed by atoms with Gasteiger partial charge in [0.05, 0.1) is 24.1 Å². The summed E-state index contributed by atoms with van der Waals surface area (Å²) in [5, 5.41) is 14.2. The predicted molar refractivity (Wildman–Crippen MR) is 88.9 cm³/mol. The summed E-state index contributed by atoms with van der Waals surface area (Å²) in [5.41, 5.74) is 0. The second-order valence-corrected chi connectivity index (χ2v) is 7.46. The Hall–Kier alpha value is -2.79. The lowest BCUT2D eigenvalue weighted by Gasteiger charge is -2.36. The van der Waals surface area contributed by atoms with Gasteiger partial charge in [-0.3, -0.25) is 14.5 Å². The van der Waals surface area contributed by atoms with Crippen LogP contribution in [0.15, 0.2) is 10.6 Å². The molecule has 1 aromatic rings. The zero-order valence-electron chi connectivity index (χ0n) is 13.4. The average molecular weight is 402 g/mol. The van der Waals surface area contributed by atoms with Crippen molar-refractivity contribution in [1.82, 2.24) is 20.1 Å². The summed E-state index contributed by atoms with van der Waals surface area (Å²) in [6, 6.07) is 1.08. The molecule has 1 saturated heterocycles. The first-order chi connectivity index (χ1) is 12.2. The van der Waals surface area contributed by atoms with Crippen molar-refractivity contribution in [1.29, 1.82) is 5.26 Å². The van der Waals surface area contributed by atoms with Gasteiger partial charge in [-0.1, -0.05) is 5.16 Å². The molecular weight excluding hydrogens is 388 g/mol. The van der Waals surface area contributed by atoms with Gasteiger partial charge in [0.15, 0.2) is 5.82 Å². The van der Waals surface area contributed by atoms with E-state index in [2.05, 4.69) is 15.0 Å². The van der Waals surface area contributed by atoms with Crippen LogP contribution in [0.2, 0.25) is 0 Å². The van der Waals surface area contributed by atoms with E-state index in [1.165, 1.54) is 6.07 Å². The van der Waals surface area contributed by atoms with Crippen LogP contribution < -0.4 is 14.8 Å². The number of nitriles is 1. The van der Waals surface area contributed by atoms with Crippen LogP contribution in [0.25, 0.3) is 0 Å². The molecule has 3 N–H and O–H groups in total. The maximum atomic E-state index is 11.9. The Morgan fingerprint density at radius 1 is 1.54 bits per heavy atom. The van der Waals surface area contributed by atoms with Gasteiger partial charge < -0.3 is 9.84 Å². The van der Waals surface area contributed by atoms with Crippen molar-refractivity contribution in [2.24, 2.45) is 0 Å². The molecule has 0 saturated carbocycles. The molecule has 1 atom stereocenters. The van der Waals surface area contributed by atoms with Gasteiger partial charge in [-0.15, -0.1) is 11.8 Å². The van der Waals surface area contributed by atoms with E-state index in [9.17, 15) is 22.8 Å². The van der Waals surface area contributed by atoms with Crippen LogP contribution in [0.1, 0.15) is 5.76 Å². The molecule has 2 rings (SSSR count). The summed E-state index contributed by atoms with van der Waals surface area (Å²) in [6.45, 7) is 1.38. The number of carbonyl (C=O) groups is 3. The van der Waals surface area contributed by atoms with Gasteiger partial charge in [-0.25, -0.2) is 14.2 Å². The number of nitrogens with one attached hydrogen (secondary N) is 3. The maximum absolute atomic E-state index is 11.9. The van der Waals surface area contributed by atoms with E-state index >= 15 is 0 Å². The third kappa shape index (κ3) is 5.10. The summed E-state index contributed by atoms with van der Waals surface area (Å²) >= 11 is 1.08. The van der Waals surface area contributed by atoms with Crippen LogP contribution in [0, 0.1) is 18.3 Å². The summed E-state index contributed by atoms with van der Waals surface area (Å²) < 4.78 is 31.9. The quantitative estimate of drug-likeness (QED) is 0.379.